The van der Waals surface area contributed by atoms with Crippen molar-refractivity contribution < 1.29 is 9.59 Å². The third-order valence-corrected chi connectivity index (χ3v) is 6.22. The number of amides is 1. The van der Waals surface area contributed by atoms with E-state index in [0.29, 0.717) is 40.5 Å². The summed E-state index contributed by atoms with van der Waals surface area (Å²) < 4.78 is 1.73. The molecule has 2 heterocycles. The predicted octanol–water partition coefficient (Wildman–Crippen LogP) is 5.45. The van der Waals surface area contributed by atoms with E-state index in [1.54, 1.807) is 10.9 Å². The van der Waals surface area contributed by atoms with Crippen LogP contribution in [0.15, 0.2) is 72.1 Å². The van der Waals surface area contributed by atoms with Gasteiger partial charge in [0.15, 0.2) is 5.78 Å². The molecule has 1 aromatic heterocycles. The zero-order chi connectivity index (χ0) is 22.5. The minimum Gasteiger partial charge on any atom is -0.343 e. The van der Waals surface area contributed by atoms with Crippen LogP contribution in [0.4, 0.5) is 11.5 Å². The molecule has 3 aromatic rings. The van der Waals surface area contributed by atoms with Gasteiger partial charge in [-0.1, -0.05) is 55.8 Å². The van der Waals surface area contributed by atoms with E-state index in [1.165, 1.54) is 0 Å². The van der Waals surface area contributed by atoms with Crippen molar-refractivity contribution in [2.24, 2.45) is 5.41 Å². The normalized spacial score (nSPS) is 19.1. The van der Waals surface area contributed by atoms with Gasteiger partial charge in [-0.05, 0) is 41.7 Å². The number of anilines is 2. The van der Waals surface area contributed by atoms with Crippen LogP contribution < -0.4 is 10.6 Å². The number of carbonyl (C=O) groups excluding carboxylic acids is 2. The van der Waals surface area contributed by atoms with Crippen molar-refractivity contribution in [3.63, 3.8) is 0 Å². The highest BCUT2D eigenvalue weighted by atomic mass is 35.5. The van der Waals surface area contributed by atoms with Gasteiger partial charge in [-0.15, -0.1) is 0 Å². The molecule has 7 heteroatoms. The number of fused-ring (bicyclic) bond motifs is 1. The minimum absolute atomic E-state index is 0.0973. The minimum atomic E-state index is -0.416. The van der Waals surface area contributed by atoms with Crippen LogP contribution in [0, 0.1) is 5.41 Å². The Morgan fingerprint density at radius 3 is 2.56 bits per heavy atom. The van der Waals surface area contributed by atoms with Crippen molar-refractivity contribution in [1.82, 2.24) is 9.78 Å². The Hall–Kier alpha value is -3.38. The topological polar surface area (TPSA) is 76.0 Å². The Balaban J connectivity index is 1.60. The zero-order valence-electron chi connectivity index (χ0n) is 17.9. The summed E-state index contributed by atoms with van der Waals surface area (Å²) in [7, 11) is 0. The Kier molecular flexibility index (Phi) is 4.90. The van der Waals surface area contributed by atoms with Crippen molar-refractivity contribution in [3.8, 4) is 0 Å². The highest BCUT2D eigenvalue weighted by molar-refractivity contribution is 6.30. The second-order valence-electron chi connectivity index (χ2n) is 9.08. The lowest BCUT2D eigenvalue weighted by Crippen LogP contribution is -2.36. The quantitative estimate of drug-likeness (QED) is 0.561. The highest BCUT2D eigenvalue weighted by Gasteiger charge is 2.42. The van der Waals surface area contributed by atoms with Crippen LogP contribution in [0.25, 0.3) is 0 Å². The maximum absolute atomic E-state index is 13.2. The molecule has 1 aliphatic carbocycles. The Morgan fingerprint density at radius 1 is 1.12 bits per heavy atom. The monoisotopic (exact) mass is 446 g/mol. The highest BCUT2D eigenvalue weighted by Crippen LogP contribution is 2.46. The first-order valence-electron chi connectivity index (χ1n) is 10.5. The van der Waals surface area contributed by atoms with Crippen LogP contribution in [0.3, 0.4) is 0 Å². The average Bonchev–Trinajstić information content (AvgIpc) is 3.16. The van der Waals surface area contributed by atoms with Gasteiger partial charge in [0.25, 0.3) is 5.91 Å². The lowest BCUT2D eigenvalue weighted by molar-refractivity contribution is -0.118. The largest absolute Gasteiger partial charge is 0.343 e. The summed E-state index contributed by atoms with van der Waals surface area (Å²) in [4.78, 5) is 26.3. The van der Waals surface area contributed by atoms with E-state index in [9.17, 15) is 9.59 Å². The fourth-order valence-electron chi connectivity index (χ4n) is 4.55. The zero-order valence-corrected chi connectivity index (χ0v) is 18.6. The summed E-state index contributed by atoms with van der Waals surface area (Å²) in [6.07, 6.45) is 2.73. The number of hydrogen-bond donors (Lipinski definition) is 2. The van der Waals surface area contributed by atoms with Crippen LogP contribution in [0.1, 0.15) is 48.7 Å². The maximum atomic E-state index is 13.2. The number of benzene rings is 2. The molecule has 0 spiro atoms. The molecule has 2 N–H and O–H groups in total. The summed E-state index contributed by atoms with van der Waals surface area (Å²) in [5, 5.41) is 11.5. The summed E-state index contributed by atoms with van der Waals surface area (Å²) >= 11 is 6.11. The number of Topliss-reactive ketones (excluding diaryl/α,β-unsaturated/α-hetero) is 1. The molecule has 162 valence electrons. The van der Waals surface area contributed by atoms with Crippen LogP contribution in [-0.4, -0.2) is 21.5 Å². The van der Waals surface area contributed by atoms with Gasteiger partial charge in [0, 0.05) is 28.4 Å². The molecule has 0 unspecified atom stereocenters. The number of allylic oxidation sites excluding steroid dienone is 2. The molecular formula is C25H23ClN4O2. The second kappa shape index (κ2) is 7.64. The number of para-hydroxylation sites is 1. The predicted molar refractivity (Wildman–Crippen MR) is 125 cm³/mol. The number of nitrogens with one attached hydrogen (secondary N) is 2. The third-order valence-electron chi connectivity index (χ3n) is 5.96. The number of carbonyl (C=O) groups is 2. The van der Waals surface area contributed by atoms with E-state index >= 15 is 0 Å². The summed E-state index contributed by atoms with van der Waals surface area (Å²) in [5.41, 5.74) is 3.43. The molecule has 5 rings (SSSR count). The van der Waals surface area contributed by atoms with Gasteiger partial charge in [0.2, 0.25) is 0 Å². The molecule has 0 fully saturated rings. The van der Waals surface area contributed by atoms with Crippen molar-refractivity contribution in [2.75, 3.05) is 10.6 Å². The van der Waals surface area contributed by atoms with Gasteiger partial charge in [0.05, 0.1) is 6.20 Å². The van der Waals surface area contributed by atoms with Gasteiger partial charge >= 0.3 is 0 Å². The van der Waals surface area contributed by atoms with Crippen LogP contribution in [-0.2, 0) is 4.79 Å². The number of ketones is 1. The maximum Gasteiger partial charge on any atom is 0.261 e. The number of aromatic nitrogens is 2. The fourth-order valence-corrected chi connectivity index (χ4v) is 4.68. The summed E-state index contributed by atoms with van der Waals surface area (Å²) in [5.74, 6) is 0.424. The number of nitrogens with zero attached hydrogens (tertiary/aromatic N) is 2. The average molecular weight is 447 g/mol. The van der Waals surface area contributed by atoms with E-state index in [0.717, 1.165) is 11.3 Å². The number of rotatable bonds is 3. The fraction of sp³-hybridized carbons (Fsp3) is 0.240. The molecule has 1 amide bonds. The van der Waals surface area contributed by atoms with Gasteiger partial charge in [-0.2, -0.15) is 5.10 Å². The van der Waals surface area contributed by atoms with E-state index in [4.69, 9.17) is 11.6 Å². The molecule has 2 aliphatic rings. The molecule has 6 nitrogen and oxygen atoms in total. The number of halogens is 1. The summed E-state index contributed by atoms with van der Waals surface area (Å²) in [6.45, 7) is 4.17. The van der Waals surface area contributed by atoms with Gasteiger partial charge < -0.3 is 10.6 Å². The van der Waals surface area contributed by atoms with Crippen molar-refractivity contribution >= 4 is 34.8 Å². The van der Waals surface area contributed by atoms with Crippen molar-refractivity contribution in [3.05, 3.63) is 88.2 Å². The van der Waals surface area contributed by atoms with Gasteiger partial charge in [-0.25, -0.2) is 4.68 Å². The van der Waals surface area contributed by atoms with E-state index in [2.05, 4.69) is 29.6 Å². The molecule has 1 atom stereocenters. The molecule has 0 bridgehead atoms. The van der Waals surface area contributed by atoms with Crippen molar-refractivity contribution in [1.29, 1.82) is 0 Å². The molecular weight excluding hydrogens is 424 g/mol. The van der Waals surface area contributed by atoms with Gasteiger partial charge in [0.1, 0.15) is 17.4 Å². The number of hydrogen-bond acceptors (Lipinski definition) is 4. The van der Waals surface area contributed by atoms with E-state index in [1.807, 2.05) is 54.6 Å². The molecule has 2 aromatic carbocycles. The van der Waals surface area contributed by atoms with Crippen LogP contribution in [0.2, 0.25) is 5.02 Å². The first-order valence-corrected chi connectivity index (χ1v) is 10.9. The lowest BCUT2D eigenvalue weighted by Gasteiger charge is -2.39. The van der Waals surface area contributed by atoms with E-state index in [-0.39, 0.29) is 17.1 Å². The van der Waals surface area contributed by atoms with Crippen LogP contribution in [0.5, 0.6) is 0 Å². The Bertz CT molecular complexity index is 1240. The lowest BCUT2D eigenvalue weighted by atomic mass is 9.73. The first kappa shape index (κ1) is 20.5. The second-order valence-corrected chi connectivity index (χ2v) is 9.52. The Morgan fingerprint density at radius 2 is 1.84 bits per heavy atom. The third kappa shape index (κ3) is 3.60. The van der Waals surface area contributed by atoms with E-state index < -0.39 is 6.04 Å². The smallest absolute Gasteiger partial charge is 0.261 e. The molecule has 0 saturated heterocycles. The SMILES string of the molecule is CC1(C)CC(=O)C2=C(C1)Nc1c(C(=O)Nc3ccccc3)cnn1[C@H]2c1ccc(Cl)cc1. The first-order chi connectivity index (χ1) is 15.3. The summed E-state index contributed by atoms with van der Waals surface area (Å²) in [6, 6.07) is 16.3. The van der Waals surface area contributed by atoms with Gasteiger partial charge in [-0.3, -0.25) is 9.59 Å². The molecule has 0 saturated carbocycles. The van der Waals surface area contributed by atoms with Crippen molar-refractivity contribution in [2.45, 2.75) is 32.7 Å². The Labute approximate surface area is 191 Å². The molecule has 1 aliphatic heterocycles. The standard InChI is InChI=1S/C25H23ClN4O2/c1-25(2)12-19-21(20(31)13-25)22(15-8-10-16(26)11-9-15)30-23(29-19)18(14-27-30)24(32)28-17-6-4-3-5-7-17/h3-11,14,22,29H,12-13H2,1-2H3,(H,28,32)/t22-/m0/s1. The molecule has 0 radical (unpaired) electrons. The van der Waals surface area contributed by atoms with Crippen LogP contribution >= 0.6 is 11.6 Å². The molecule has 32 heavy (non-hydrogen) atoms.